The van der Waals surface area contributed by atoms with Crippen molar-refractivity contribution in [2.75, 3.05) is 9.80 Å². The zero-order chi connectivity index (χ0) is 66.9. The average molecular weight is 1090 g/mol. The SMILES string of the molecule is [2H]c1c([2H])c([2H])c2c(c1[2H])c1c(N(c3ccccc3)c3cccc4c3oc3c(-c5ccccc5)cccc34)c([2H])c([2H])c3c4c([2H])c5c(c([2H])c4n2c31)c1c([2H])c([2H])c(N(c2ccccc2)c2cccc3c2oc2c(-c4ccccc4)cccc23)c2c3c([2H])c([2H])c([2H])c([2H])c3n5c12. The third kappa shape index (κ3) is 6.12. The van der Waals surface area contributed by atoms with Crippen LogP contribution in [0.1, 0.15) is 19.2 Å². The van der Waals surface area contributed by atoms with E-state index in [0.29, 0.717) is 45.1 Å². The van der Waals surface area contributed by atoms with Crippen LogP contribution in [0.25, 0.3) is 142 Å². The molecule has 19 rings (SSSR count). The normalized spacial score (nSPS) is 14.6. The molecular weight excluding hydrogens is 1020 g/mol. The summed E-state index contributed by atoms with van der Waals surface area (Å²) < 4.78 is 157. The molecule has 13 aromatic carbocycles. The van der Waals surface area contributed by atoms with Crippen molar-refractivity contribution in [3.63, 3.8) is 0 Å². The topological polar surface area (TPSA) is 41.6 Å². The maximum atomic E-state index is 10.8. The fourth-order valence-corrected chi connectivity index (χ4v) is 13.3. The molecule has 390 valence electrons. The van der Waals surface area contributed by atoms with Crippen LogP contribution in [0, 0.1) is 0 Å². The number of para-hydroxylation sites is 8. The maximum absolute atomic E-state index is 10.8. The number of hydrogen-bond donors (Lipinski definition) is 0. The van der Waals surface area contributed by atoms with Gasteiger partial charge in [0.25, 0.3) is 0 Å². The van der Waals surface area contributed by atoms with Gasteiger partial charge in [0.05, 0.1) is 75.0 Å². The monoisotopic (exact) mass is 1080 g/mol. The molecule has 0 saturated carbocycles. The van der Waals surface area contributed by atoms with E-state index in [-0.39, 0.29) is 99.6 Å². The lowest BCUT2D eigenvalue weighted by atomic mass is 10.0. The Bertz CT molecular complexity index is 6330. The second kappa shape index (κ2) is 17.1. The van der Waals surface area contributed by atoms with Crippen molar-refractivity contribution in [3.05, 3.63) is 279 Å². The van der Waals surface area contributed by atoms with Crippen LogP contribution < -0.4 is 9.80 Å². The molecule has 0 fully saturated rings. The fraction of sp³-hybridized carbons (Fsp3) is 0. The minimum atomic E-state index is -0.602. The number of benzene rings is 13. The molecule has 0 aliphatic carbocycles. The van der Waals surface area contributed by atoms with Gasteiger partial charge in [0, 0.05) is 87.1 Å². The molecule has 0 atom stereocenters. The second-order valence-electron chi connectivity index (χ2n) is 21.2. The lowest BCUT2D eigenvalue weighted by Crippen LogP contribution is -2.10. The number of rotatable bonds is 8. The van der Waals surface area contributed by atoms with Crippen molar-refractivity contribution < 1.29 is 28.0 Å². The first-order valence-corrected chi connectivity index (χ1v) is 27.6. The summed E-state index contributed by atoms with van der Waals surface area (Å²) >= 11 is 0. The summed E-state index contributed by atoms with van der Waals surface area (Å²) in [6, 6.07) is 54.4. The predicted molar refractivity (Wildman–Crippen MR) is 351 cm³/mol. The Morgan fingerprint density at radius 2 is 0.667 bits per heavy atom. The Balaban J connectivity index is 0.967. The summed E-state index contributed by atoms with van der Waals surface area (Å²) in [6.45, 7) is 0. The molecule has 0 spiro atoms. The van der Waals surface area contributed by atoms with Crippen LogP contribution in [0.3, 0.4) is 0 Å². The smallest absolute Gasteiger partial charge is 0.159 e. The van der Waals surface area contributed by atoms with Gasteiger partial charge in [-0.15, -0.1) is 0 Å². The highest BCUT2D eigenvalue weighted by molar-refractivity contribution is 6.33. The molecule has 0 bridgehead atoms. The van der Waals surface area contributed by atoms with Crippen molar-refractivity contribution >= 4 is 154 Å². The first-order chi connectivity index (χ1) is 47.6. The number of furan rings is 2. The summed E-state index contributed by atoms with van der Waals surface area (Å²) in [4.78, 5) is 3.54. The molecule has 6 nitrogen and oxygen atoms in total. The molecule has 6 heterocycles. The van der Waals surface area contributed by atoms with E-state index in [1.165, 1.54) is 8.80 Å². The van der Waals surface area contributed by atoms with Crippen LogP contribution in [0.2, 0.25) is 0 Å². The summed E-state index contributed by atoms with van der Waals surface area (Å²) in [5.74, 6) is 0. The Morgan fingerprint density at radius 1 is 0.286 bits per heavy atom. The highest BCUT2D eigenvalue weighted by Crippen LogP contribution is 2.54. The summed E-state index contributed by atoms with van der Waals surface area (Å²) in [7, 11) is 0. The summed E-state index contributed by atoms with van der Waals surface area (Å²) in [5.41, 5.74) is 7.32. The lowest BCUT2D eigenvalue weighted by molar-refractivity contribution is 0.670. The number of nitrogens with zero attached hydrogens (tertiary/aromatic N) is 4. The molecule has 6 heteroatoms. The van der Waals surface area contributed by atoms with Gasteiger partial charge in [-0.3, -0.25) is 0 Å². The molecule has 0 radical (unpaired) electrons. The zero-order valence-electron chi connectivity index (χ0n) is 58.1. The van der Waals surface area contributed by atoms with E-state index < -0.39 is 72.5 Å². The third-order valence-corrected chi connectivity index (χ3v) is 16.8. The maximum Gasteiger partial charge on any atom is 0.159 e. The summed E-state index contributed by atoms with van der Waals surface area (Å²) in [5, 5.41) is 3.05. The number of aromatic nitrogens is 2. The Labute approximate surface area is 500 Å². The molecule has 6 aromatic heterocycles. The molecule has 84 heavy (non-hydrogen) atoms. The van der Waals surface area contributed by atoms with Crippen molar-refractivity contribution in [2.24, 2.45) is 0 Å². The molecule has 0 N–H and O–H groups in total. The summed E-state index contributed by atoms with van der Waals surface area (Å²) in [6.07, 6.45) is 0. The highest BCUT2D eigenvalue weighted by Gasteiger charge is 2.30. The number of hydrogen-bond acceptors (Lipinski definition) is 4. The Kier molecular flexibility index (Phi) is 6.93. The standard InChI is InChI=1S/C78H46N4O2/c1-5-21-47(22-6-1)51-31-17-33-55-57-35-19-39-67(77(57)83-75(51)55)79(49-25-9-3-10-26-49)65-43-41-53-61-45-70-62(46-69(61)81-63-37-15-13-29-59(63)71(65)73(53)81)54-42-44-66(72-60-30-14-16-38-64(60)82(70)74(54)72)80(50-27-11-4-12-28-50)68-40-20-36-58-56-34-18-32-52(76(56)84-78(58)68)48-23-7-2-8-24-48/h1-46H/i13D,14D,15D,16D,29D,30D,37D,38D,41D,42D,43D,44D,45D,46D. The van der Waals surface area contributed by atoms with E-state index in [1.807, 2.05) is 194 Å². The van der Waals surface area contributed by atoms with Gasteiger partial charge in [-0.25, -0.2) is 0 Å². The second-order valence-corrected chi connectivity index (χ2v) is 21.2. The van der Waals surface area contributed by atoms with E-state index in [4.69, 9.17) is 8.83 Å². The van der Waals surface area contributed by atoms with Gasteiger partial charge in [0.2, 0.25) is 0 Å². The van der Waals surface area contributed by atoms with Gasteiger partial charge >= 0.3 is 0 Å². The van der Waals surface area contributed by atoms with Crippen LogP contribution in [-0.2, 0) is 0 Å². The molecule has 0 aliphatic rings. The predicted octanol–water partition coefficient (Wildman–Crippen LogP) is 22.1. The average Bonchev–Trinajstić information content (AvgIpc) is 1.44. The van der Waals surface area contributed by atoms with E-state index in [2.05, 4.69) is 0 Å². The van der Waals surface area contributed by atoms with E-state index in [1.54, 1.807) is 9.80 Å². The molecule has 0 unspecified atom stereocenters. The quantitative estimate of drug-likeness (QED) is 0.152. The van der Waals surface area contributed by atoms with Gasteiger partial charge in [-0.2, -0.15) is 0 Å². The van der Waals surface area contributed by atoms with Gasteiger partial charge in [0.1, 0.15) is 11.2 Å². The first kappa shape index (κ1) is 34.1. The minimum Gasteiger partial charge on any atom is -0.453 e. The van der Waals surface area contributed by atoms with Crippen LogP contribution in [0.4, 0.5) is 34.1 Å². The van der Waals surface area contributed by atoms with Gasteiger partial charge in [-0.1, -0.05) is 206 Å². The van der Waals surface area contributed by atoms with E-state index in [9.17, 15) is 19.2 Å². The van der Waals surface area contributed by atoms with Crippen molar-refractivity contribution in [2.45, 2.75) is 0 Å². The molecule has 0 aliphatic heterocycles. The fourth-order valence-electron chi connectivity index (χ4n) is 13.3. The Morgan fingerprint density at radius 3 is 1.10 bits per heavy atom. The Hall–Kier alpha value is -11.3. The van der Waals surface area contributed by atoms with Crippen molar-refractivity contribution in [1.82, 2.24) is 8.80 Å². The molecule has 0 saturated heterocycles. The zero-order valence-corrected chi connectivity index (χ0v) is 44.1. The van der Waals surface area contributed by atoms with Crippen LogP contribution >= 0.6 is 0 Å². The largest absolute Gasteiger partial charge is 0.453 e. The molecule has 19 aromatic rings. The van der Waals surface area contributed by atoms with Crippen LogP contribution in [-0.4, -0.2) is 8.80 Å². The molecule has 0 amide bonds. The van der Waals surface area contributed by atoms with Crippen LogP contribution in [0.5, 0.6) is 0 Å². The third-order valence-electron chi connectivity index (χ3n) is 16.8. The van der Waals surface area contributed by atoms with Gasteiger partial charge in [0.15, 0.2) is 11.2 Å². The van der Waals surface area contributed by atoms with Crippen molar-refractivity contribution in [1.29, 1.82) is 0 Å². The number of fused-ring (bicyclic) bond motifs is 18. The van der Waals surface area contributed by atoms with Crippen LogP contribution in [0.15, 0.2) is 288 Å². The lowest BCUT2D eigenvalue weighted by Gasteiger charge is -2.26. The minimum absolute atomic E-state index is 0.0247. The molecular formula is C78H46N4O2. The van der Waals surface area contributed by atoms with E-state index in [0.717, 1.165) is 43.8 Å². The van der Waals surface area contributed by atoms with Crippen molar-refractivity contribution in [3.8, 4) is 22.3 Å². The van der Waals surface area contributed by atoms with Gasteiger partial charge < -0.3 is 27.4 Å². The van der Waals surface area contributed by atoms with E-state index >= 15 is 0 Å². The van der Waals surface area contributed by atoms with Gasteiger partial charge in [-0.05, 0) is 83.8 Å². The highest BCUT2D eigenvalue weighted by atomic mass is 16.3. The number of anilines is 6. The first-order valence-electron chi connectivity index (χ1n) is 34.6.